The van der Waals surface area contributed by atoms with E-state index in [0.29, 0.717) is 45.1 Å². The molecule has 0 aromatic carbocycles. The molecule has 0 spiro atoms. The molecule has 104 valence electrons. The highest BCUT2D eigenvalue weighted by Crippen LogP contribution is 2.26. The predicted octanol–water partition coefficient (Wildman–Crippen LogP) is 0.248. The van der Waals surface area contributed by atoms with Crippen molar-refractivity contribution >= 4 is 11.6 Å². The molecule has 6 heteroatoms. The Labute approximate surface area is 117 Å². The Balaban J connectivity index is 1.58. The molecule has 6 nitrogen and oxygen atoms in total. The summed E-state index contributed by atoms with van der Waals surface area (Å²) in [7, 11) is 0. The van der Waals surface area contributed by atoms with Gasteiger partial charge in [-0.05, 0) is 12.1 Å². The Morgan fingerprint density at radius 2 is 2.15 bits per heavy atom. The molecular formula is C14H16N4O2. The van der Waals surface area contributed by atoms with Gasteiger partial charge in [0.05, 0.1) is 19.1 Å². The van der Waals surface area contributed by atoms with Gasteiger partial charge in [0, 0.05) is 38.1 Å². The lowest BCUT2D eigenvalue weighted by Crippen LogP contribution is -2.56. The maximum Gasteiger partial charge on any atom is 0.229 e. The lowest BCUT2D eigenvalue weighted by atomic mass is 9.97. The van der Waals surface area contributed by atoms with E-state index in [1.807, 2.05) is 17.0 Å². The molecule has 0 atom stereocenters. The molecule has 1 amide bonds. The third-order valence-electron chi connectivity index (χ3n) is 3.78. The number of pyridine rings is 1. The van der Waals surface area contributed by atoms with Crippen LogP contribution in [0.15, 0.2) is 18.3 Å². The molecule has 0 radical (unpaired) electrons. The van der Waals surface area contributed by atoms with Crippen LogP contribution in [0.1, 0.15) is 5.69 Å². The molecule has 0 N–H and O–H groups in total. The largest absolute Gasteiger partial charge is 0.378 e. The van der Waals surface area contributed by atoms with Crippen LogP contribution in [0.5, 0.6) is 0 Å². The van der Waals surface area contributed by atoms with E-state index in [9.17, 15) is 4.79 Å². The van der Waals surface area contributed by atoms with Gasteiger partial charge < -0.3 is 14.5 Å². The zero-order valence-electron chi connectivity index (χ0n) is 11.2. The first-order chi connectivity index (χ1) is 9.78. The van der Waals surface area contributed by atoms with Crippen molar-refractivity contribution in [2.45, 2.75) is 0 Å². The van der Waals surface area contributed by atoms with E-state index in [2.05, 4.69) is 9.88 Å². The highest BCUT2D eigenvalue weighted by atomic mass is 16.5. The van der Waals surface area contributed by atoms with E-state index in [1.165, 1.54) is 0 Å². The minimum absolute atomic E-state index is 0.0619. The number of rotatable bonds is 2. The Bertz CT molecular complexity index is 542. The highest BCUT2D eigenvalue weighted by molar-refractivity contribution is 5.82. The fraction of sp³-hybridized carbons (Fsp3) is 0.500. The number of carbonyl (C=O) groups is 1. The van der Waals surface area contributed by atoms with E-state index in [0.717, 1.165) is 5.69 Å². The van der Waals surface area contributed by atoms with E-state index in [1.54, 1.807) is 12.3 Å². The second-order valence-electron chi connectivity index (χ2n) is 5.05. The van der Waals surface area contributed by atoms with E-state index < -0.39 is 0 Å². The molecule has 0 bridgehead atoms. The molecular weight excluding hydrogens is 256 g/mol. The van der Waals surface area contributed by atoms with Crippen LogP contribution in [-0.4, -0.2) is 55.2 Å². The summed E-state index contributed by atoms with van der Waals surface area (Å²) in [6.45, 7) is 4.10. The third-order valence-corrected chi connectivity index (χ3v) is 3.78. The van der Waals surface area contributed by atoms with Crippen molar-refractivity contribution in [3.05, 3.63) is 24.0 Å². The Morgan fingerprint density at radius 3 is 2.85 bits per heavy atom. The van der Waals surface area contributed by atoms with Gasteiger partial charge in [0.15, 0.2) is 0 Å². The van der Waals surface area contributed by atoms with Gasteiger partial charge >= 0.3 is 0 Å². The number of nitrogens with zero attached hydrogens (tertiary/aromatic N) is 4. The van der Waals surface area contributed by atoms with Crippen molar-refractivity contribution in [3.63, 3.8) is 0 Å². The monoisotopic (exact) mass is 272 g/mol. The van der Waals surface area contributed by atoms with Gasteiger partial charge in [-0.25, -0.2) is 4.98 Å². The summed E-state index contributed by atoms with van der Waals surface area (Å²) < 4.78 is 5.26. The normalized spacial score (nSPS) is 19.4. The predicted molar refractivity (Wildman–Crippen MR) is 72.1 cm³/mol. The fourth-order valence-corrected chi connectivity index (χ4v) is 2.56. The van der Waals surface area contributed by atoms with Crippen LogP contribution < -0.4 is 4.90 Å². The number of anilines is 1. The topological polar surface area (TPSA) is 69.5 Å². The molecule has 2 fully saturated rings. The number of aromatic nitrogens is 1. The van der Waals surface area contributed by atoms with Gasteiger partial charge in [0.1, 0.15) is 11.8 Å². The summed E-state index contributed by atoms with van der Waals surface area (Å²) in [6.07, 6.45) is 1.63. The molecule has 0 unspecified atom stereocenters. The first kappa shape index (κ1) is 12.9. The van der Waals surface area contributed by atoms with Gasteiger partial charge in [0.25, 0.3) is 0 Å². The van der Waals surface area contributed by atoms with Gasteiger partial charge in [0.2, 0.25) is 5.91 Å². The SMILES string of the molecule is N#Cc1cc(N2CC(C(=O)N3CCOCC3)C2)ccn1. The van der Waals surface area contributed by atoms with Crippen LogP contribution in [0.4, 0.5) is 5.69 Å². The highest BCUT2D eigenvalue weighted by Gasteiger charge is 2.35. The van der Waals surface area contributed by atoms with Crippen molar-refractivity contribution < 1.29 is 9.53 Å². The number of nitriles is 1. The first-order valence-electron chi connectivity index (χ1n) is 6.75. The minimum atomic E-state index is 0.0619. The fourth-order valence-electron chi connectivity index (χ4n) is 2.56. The maximum atomic E-state index is 12.3. The van der Waals surface area contributed by atoms with Gasteiger partial charge in [-0.3, -0.25) is 4.79 Å². The maximum absolute atomic E-state index is 12.3. The number of amides is 1. The number of carbonyl (C=O) groups excluding carboxylic acids is 1. The molecule has 3 heterocycles. The van der Waals surface area contributed by atoms with Crippen LogP contribution in [0.2, 0.25) is 0 Å². The smallest absolute Gasteiger partial charge is 0.229 e. The molecule has 2 aliphatic rings. The molecule has 1 aromatic rings. The first-order valence-corrected chi connectivity index (χ1v) is 6.75. The lowest BCUT2D eigenvalue weighted by molar-refractivity contribution is -0.140. The van der Waals surface area contributed by atoms with Crippen molar-refractivity contribution in [3.8, 4) is 6.07 Å². The molecule has 2 saturated heterocycles. The summed E-state index contributed by atoms with van der Waals surface area (Å²) in [4.78, 5) is 20.2. The molecule has 1 aromatic heterocycles. The standard InChI is InChI=1S/C14H16N4O2/c15-8-12-7-13(1-2-16-12)18-9-11(10-18)14(19)17-3-5-20-6-4-17/h1-2,7,11H,3-6,9-10H2. The van der Waals surface area contributed by atoms with Crippen LogP contribution in [-0.2, 0) is 9.53 Å². The quantitative estimate of drug-likeness (QED) is 0.772. The van der Waals surface area contributed by atoms with E-state index >= 15 is 0 Å². The zero-order chi connectivity index (χ0) is 13.9. The molecule has 0 saturated carbocycles. The van der Waals surface area contributed by atoms with Crippen molar-refractivity contribution in [1.82, 2.24) is 9.88 Å². The second-order valence-corrected chi connectivity index (χ2v) is 5.05. The van der Waals surface area contributed by atoms with Crippen molar-refractivity contribution in [2.24, 2.45) is 5.92 Å². The number of hydrogen-bond donors (Lipinski definition) is 0. The third kappa shape index (κ3) is 2.45. The summed E-state index contributed by atoms with van der Waals surface area (Å²) in [5.74, 6) is 0.283. The lowest BCUT2D eigenvalue weighted by Gasteiger charge is -2.42. The number of morpholine rings is 1. The minimum Gasteiger partial charge on any atom is -0.378 e. The summed E-state index contributed by atoms with van der Waals surface area (Å²) in [6, 6.07) is 5.66. The average Bonchev–Trinajstić information content (AvgIpc) is 2.47. The van der Waals surface area contributed by atoms with Crippen LogP contribution in [0.3, 0.4) is 0 Å². The summed E-state index contributed by atoms with van der Waals surface area (Å²) >= 11 is 0. The Morgan fingerprint density at radius 1 is 1.40 bits per heavy atom. The van der Waals surface area contributed by atoms with Gasteiger partial charge in [-0.1, -0.05) is 0 Å². The second kappa shape index (κ2) is 5.47. The molecule has 0 aliphatic carbocycles. The summed E-state index contributed by atoms with van der Waals surface area (Å²) in [5, 5.41) is 8.84. The van der Waals surface area contributed by atoms with Crippen LogP contribution in [0.25, 0.3) is 0 Å². The van der Waals surface area contributed by atoms with Gasteiger partial charge in [-0.2, -0.15) is 5.26 Å². The van der Waals surface area contributed by atoms with Crippen molar-refractivity contribution in [1.29, 1.82) is 5.26 Å². The van der Waals surface area contributed by atoms with Crippen LogP contribution in [0, 0.1) is 17.2 Å². The average molecular weight is 272 g/mol. The Kier molecular flexibility index (Phi) is 3.52. The molecule has 3 rings (SSSR count). The molecule has 20 heavy (non-hydrogen) atoms. The molecule has 2 aliphatic heterocycles. The van der Waals surface area contributed by atoms with Gasteiger partial charge in [-0.15, -0.1) is 0 Å². The van der Waals surface area contributed by atoms with E-state index in [-0.39, 0.29) is 11.8 Å². The zero-order valence-corrected chi connectivity index (χ0v) is 11.2. The van der Waals surface area contributed by atoms with E-state index in [4.69, 9.17) is 10.00 Å². The Hall–Kier alpha value is -2.13. The van der Waals surface area contributed by atoms with Crippen molar-refractivity contribution in [2.75, 3.05) is 44.3 Å². The number of hydrogen-bond acceptors (Lipinski definition) is 5. The summed E-state index contributed by atoms with van der Waals surface area (Å²) in [5.41, 5.74) is 1.37. The van der Waals surface area contributed by atoms with Crippen LogP contribution >= 0.6 is 0 Å². The number of ether oxygens (including phenoxy) is 1.